The van der Waals surface area contributed by atoms with Crippen molar-refractivity contribution in [2.75, 3.05) is 20.6 Å². The number of unbranched alkanes of at least 4 members (excludes halogenated alkanes) is 9. The van der Waals surface area contributed by atoms with E-state index in [1.54, 1.807) is 0 Å². The first-order chi connectivity index (χ1) is 7.77. The molecule has 2 heteroatoms. The van der Waals surface area contributed by atoms with Crippen LogP contribution in [0.15, 0.2) is 0 Å². The highest BCUT2D eigenvalue weighted by Crippen LogP contribution is 2.10. The average molecular weight is 227 g/mol. The van der Waals surface area contributed by atoms with Crippen LogP contribution in [0, 0.1) is 0 Å². The molecule has 0 atom stereocenters. The molecule has 0 unspecified atom stereocenters. The Morgan fingerprint density at radius 3 is 1.62 bits per heavy atom. The molecule has 0 bridgehead atoms. The molecule has 0 aromatic heterocycles. The molecule has 0 aromatic rings. The van der Waals surface area contributed by atoms with Crippen molar-refractivity contribution in [3.05, 3.63) is 0 Å². The van der Waals surface area contributed by atoms with Gasteiger partial charge in [-0.2, -0.15) is 0 Å². The standard InChI is InChI=1S/C14H29NO/c1-15(2)13-11-9-7-5-3-4-6-8-10-12-14-16/h14H,3-13H2,1-2H3. The molecule has 0 aromatic carbocycles. The van der Waals surface area contributed by atoms with Gasteiger partial charge in [0, 0.05) is 6.42 Å². The highest BCUT2D eigenvalue weighted by molar-refractivity contribution is 5.48. The summed E-state index contributed by atoms with van der Waals surface area (Å²) in [6.07, 6.45) is 13.7. The van der Waals surface area contributed by atoms with E-state index in [1.807, 2.05) is 0 Å². The molecule has 0 aliphatic heterocycles. The number of nitrogens with zero attached hydrogens (tertiary/aromatic N) is 1. The van der Waals surface area contributed by atoms with Gasteiger partial charge in [-0.25, -0.2) is 0 Å². The van der Waals surface area contributed by atoms with Gasteiger partial charge in [-0.05, 0) is 33.5 Å². The fraction of sp³-hybridized carbons (Fsp3) is 0.929. The highest BCUT2D eigenvalue weighted by atomic mass is 16.1. The zero-order chi connectivity index (χ0) is 12.1. The topological polar surface area (TPSA) is 20.3 Å². The lowest BCUT2D eigenvalue weighted by molar-refractivity contribution is -0.107. The largest absolute Gasteiger partial charge is 0.309 e. The van der Waals surface area contributed by atoms with Crippen LogP contribution in [0.5, 0.6) is 0 Å². The van der Waals surface area contributed by atoms with Crippen LogP contribution in [-0.2, 0) is 4.79 Å². The predicted octanol–water partition coefficient (Wildman–Crippen LogP) is 3.65. The molecule has 0 heterocycles. The summed E-state index contributed by atoms with van der Waals surface area (Å²) in [5, 5.41) is 0. The highest BCUT2D eigenvalue weighted by Gasteiger charge is 1.93. The van der Waals surface area contributed by atoms with Gasteiger partial charge < -0.3 is 9.69 Å². The van der Waals surface area contributed by atoms with Crippen molar-refractivity contribution >= 4 is 6.29 Å². The number of rotatable bonds is 12. The lowest BCUT2D eigenvalue weighted by Gasteiger charge is -2.08. The molecule has 16 heavy (non-hydrogen) atoms. The van der Waals surface area contributed by atoms with Crippen LogP contribution in [0.1, 0.15) is 64.2 Å². The van der Waals surface area contributed by atoms with Gasteiger partial charge in [0.1, 0.15) is 6.29 Å². The van der Waals surface area contributed by atoms with Crippen molar-refractivity contribution in [3.63, 3.8) is 0 Å². The summed E-state index contributed by atoms with van der Waals surface area (Å²) in [6, 6.07) is 0. The van der Waals surface area contributed by atoms with E-state index >= 15 is 0 Å². The van der Waals surface area contributed by atoms with Crippen LogP contribution in [0.25, 0.3) is 0 Å². The molecule has 0 amide bonds. The molecular weight excluding hydrogens is 198 g/mol. The Kier molecular flexibility index (Phi) is 12.4. The van der Waals surface area contributed by atoms with Crippen molar-refractivity contribution in [2.45, 2.75) is 64.2 Å². The fourth-order valence-corrected chi connectivity index (χ4v) is 1.89. The number of carbonyl (C=O) groups excluding carboxylic acids is 1. The molecule has 0 saturated carbocycles. The predicted molar refractivity (Wildman–Crippen MR) is 70.8 cm³/mol. The number of carbonyl (C=O) groups is 1. The van der Waals surface area contributed by atoms with E-state index in [0.717, 1.165) is 19.1 Å². The maximum atomic E-state index is 10.1. The summed E-state index contributed by atoms with van der Waals surface area (Å²) in [5.41, 5.74) is 0. The van der Waals surface area contributed by atoms with E-state index in [1.165, 1.54) is 57.9 Å². The Morgan fingerprint density at radius 2 is 1.19 bits per heavy atom. The number of hydrogen-bond donors (Lipinski definition) is 0. The Bertz CT molecular complexity index is 146. The smallest absolute Gasteiger partial charge is 0.119 e. The third-order valence-corrected chi connectivity index (χ3v) is 2.93. The lowest BCUT2D eigenvalue weighted by Crippen LogP contribution is -2.12. The van der Waals surface area contributed by atoms with Gasteiger partial charge in [-0.1, -0.05) is 44.9 Å². The van der Waals surface area contributed by atoms with E-state index in [2.05, 4.69) is 19.0 Å². The van der Waals surface area contributed by atoms with Crippen molar-refractivity contribution in [1.82, 2.24) is 4.90 Å². The average Bonchev–Trinajstić information content (AvgIpc) is 2.25. The molecule has 0 aliphatic rings. The quantitative estimate of drug-likeness (QED) is 0.375. The molecule has 0 rings (SSSR count). The summed E-state index contributed by atoms with van der Waals surface area (Å²) in [6.45, 7) is 1.23. The Morgan fingerprint density at radius 1 is 0.750 bits per heavy atom. The van der Waals surface area contributed by atoms with E-state index in [0.29, 0.717) is 0 Å². The molecule has 0 aliphatic carbocycles. The molecule has 0 radical (unpaired) electrons. The van der Waals surface area contributed by atoms with Gasteiger partial charge >= 0.3 is 0 Å². The summed E-state index contributed by atoms with van der Waals surface area (Å²) in [4.78, 5) is 12.3. The normalized spacial score (nSPS) is 10.9. The molecule has 0 saturated heterocycles. The van der Waals surface area contributed by atoms with E-state index in [9.17, 15) is 4.79 Å². The van der Waals surface area contributed by atoms with E-state index < -0.39 is 0 Å². The maximum Gasteiger partial charge on any atom is 0.119 e. The first-order valence-corrected chi connectivity index (χ1v) is 6.85. The van der Waals surface area contributed by atoms with Crippen LogP contribution in [-0.4, -0.2) is 31.8 Å². The van der Waals surface area contributed by atoms with E-state index in [4.69, 9.17) is 0 Å². The Labute approximate surface area is 101 Å². The minimum Gasteiger partial charge on any atom is -0.309 e. The van der Waals surface area contributed by atoms with Crippen LogP contribution in [0.2, 0.25) is 0 Å². The first kappa shape index (κ1) is 15.6. The second-order valence-electron chi connectivity index (χ2n) is 4.94. The fourth-order valence-electron chi connectivity index (χ4n) is 1.89. The van der Waals surface area contributed by atoms with Crippen LogP contribution in [0.4, 0.5) is 0 Å². The van der Waals surface area contributed by atoms with Gasteiger partial charge in [-0.15, -0.1) is 0 Å². The third kappa shape index (κ3) is 13.6. The first-order valence-electron chi connectivity index (χ1n) is 6.85. The summed E-state index contributed by atoms with van der Waals surface area (Å²) in [7, 11) is 4.28. The maximum absolute atomic E-state index is 10.1. The monoisotopic (exact) mass is 227 g/mol. The van der Waals surface area contributed by atoms with Crippen molar-refractivity contribution < 1.29 is 4.79 Å². The minimum atomic E-state index is 0.754. The van der Waals surface area contributed by atoms with Crippen LogP contribution >= 0.6 is 0 Å². The Hall–Kier alpha value is -0.370. The van der Waals surface area contributed by atoms with Crippen LogP contribution < -0.4 is 0 Å². The number of hydrogen-bond acceptors (Lipinski definition) is 2. The summed E-state index contributed by atoms with van der Waals surface area (Å²) < 4.78 is 0. The molecule has 0 spiro atoms. The zero-order valence-electron chi connectivity index (χ0n) is 11.2. The van der Waals surface area contributed by atoms with Gasteiger partial charge in [0.05, 0.1) is 0 Å². The third-order valence-electron chi connectivity index (χ3n) is 2.93. The molecule has 2 nitrogen and oxygen atoms in total. The van der Waals surface area contributed by atoms with Crippen molar-refractivity contribution in [1.29, 1.82) is 0 Å². The lowest BCUT2D eigenvalue weighted by atomic mass is 10.1. The van der Waals surface area contributed by atoms with Crippen LogP contribution in [0.3, 0.4) is 0 Å². The molecule has 0 N–H and O–H groups in total. The second-order valence-corrected chi connectivity index (χ2v) is 4.94. The summed E-state index contributed by atoms with van der Waals surface area (Å²) in [5.74, 6) is 0. The number of aldehydes is 1. The zero-order valence-corrected chi connectivity index (χ0v) is 11.2. The minimum absolute atomic E-state index is 0.754. The van der Waals surface area contributed by atoms with Gasteiger partial charge in [0.2, 0.25) is 0 Å². The molecule has 0 fully saturated rings. The Balaban J connectivity index is 2.90. The van der Waals surface area contributed by atoms with E-state index in [-0.39, 0.29) is 0 Å². The van der Waals surface area contributed by atoms with Gasteiger partial charge in [0.15, 0.2) is 0 Å². The second kappa shape index (κ2) is 12.7. The van der Waals surface area contributed by atoms with Crippen molar-refractivity contribution in [3.8, 4) is 0 Å². The van der Waals surface area contributed by atoms with Gasteiger partial charge in [0.25, 0.3) is 0 Å². The molecule has 96 valence electrons. The summed E-state index contributed by atoms with van der Waals surface area (Å²) >= 11 is 0. The van der Waals surface area contributed by atoms with Gasteiger partial charge in [-0.3, -0.25) is 0 Å². The molecular formula is C14H29NO. The SMILES string of the molecule is CN(C)CCCCCCCCCCCC=O. The van der Waals surface area contributed by atoms with Crippen molar-refractivity contribution in [2.24, 2.45) is 0 Å².